The predicted molar refractivity (Wildman–Crippen MR) is 91.7 cm³/mol. The molecule has 1 N–H and O–H groups in total. The first kappa shape index (κ1) is 16.1. The van der Waals surface area contributed by atoms with Crippen molar-refractivity contribution in [3.8, 4) is 0 Å². The van der Waals surface area contributed by atoms with E-state index in [2.05, 4.69) is 34.1 Å². The Balaban J connectivity index is 1.70. The summed E-state index contributed by atoms with van der Waals surface area (Å²) in [6.45, 7) is 7.43. The lowest BCUT2D eigenvalue weighted by molar-refractivity contribution is -0.117. The summed E-state index contributed by atoms with van der Waals surface area (Å²) in [5.74, 6) is 0.00504. The smallest absolute Gasteiger partial charge is 0.240 e. The number of nitrogens with one attached hydrogen (secondary N) is 1. The van der Waals surface area contributed by atoms with Crippen LogP contribution in [-0.2, 0) is 11.8 Å². The van der Waals surface area contributed by atoms with Gasteiger partial charge in [0.25, 0.3) is 0 Å². The van der Waals surface area contributed by atoms with Crippen LogP contribution in [0.4, 0.5) is 5.13 Å². The van der Waals surface area contributed by atoms with E-state index in [-0.39, 0.29) is 11.9 Å². The number of carbonyl (C=O) groups is 1. The number of thiazole rings is 1. The Labute approximate surface area is 140 Å². The maximum atomic E-state index is 12.3. The number of aromatic nitrogens is 3. The van der Waals surface area contributed by atoms with E-state index in [0.717, 1.165) is 30.8 Å². The standard InChI is InChI=1S/C16H23N5OS/c1-10-9-23-16(17-10)18-14(22)8-21-7-5-6-13(21)15-11(2)19-20(4)12(15)3/h9,13H,5-8H2,1-4H3,(H,17,18,22)/t13-/m1/s1. The van der Waals surface area contributed by atoms with Crippen LogP contribution in [0.1, 0.15) is 41.5 Å². The Morgan fingerprint density at radius 1 is 1.43 bits per heavy atom. The number of nitrogens with zero attached hydrogens (tertiary/aromatic N) is 4. The van der Waals surface area contributed by atoms with Gasteiger partial charge in [-0.1, -0.05) is 0 Å². The normalized spacial score (nSPS) is 18.5. The number of hydrogen-bond acceptors (Lipinski definition) is 5. The molecule has 23 heavy (non-hydrogen) atoms. The molecule has 3 heterocycles. The number of aryl methyl sites for hydroxylation is 3. The van der Waals surface area contributed by atoms with Gasteiger partial charge in [-0.05, 0) is 40.2 Å². The fourth-order valence-electron chi connectivity index (χ4n) is 3.37. The van der Waals surface area contributed by atoms with Crippen molar-refractivity contribution < 1.29 is 4.79 Å². The molecule has 1 fully saturated rings. The van der Waals surface area contributed by atoms with Crippen LogP contribution >= 0.6 is 11.3 Å². The maximum absolute atomic E-state index is 12.3. The number of amides is 1. The summed E-state index contributed by atoms with van der Waals surface area (Å²) in [7, 11) is 1.97. The summed E-state index contributed by atoms with van der Waals surface area (Å²) in [5, 5.41) is 10.0. The molecule has 0 saturated carbocycles. The summed E-state index contributed by atoms with van der Waals surface area (Å²) < 4.78 is 1.93. The van der Waals surface area contributed by atoms with Crippen LogP contribution < -0.4 is 5.32 Å². The van der Waals surface area contributed by atoms with Crippen LogP contribution in [0.5, 0.6) is 0 Å². The molecule has 1 amide bonds. The number of rotatable bonds is 4. The average molecular weight is 333 g/mol. The molecule has 7 heteroatoms. The van der Waals surface area contributed by atoms with E-state index in [4.69, 9.17) is 0 Å². The summed E-state index contributed by atoms with van der Waals surface area (Å²) in [5.41, 5.74) is 4.47. The molecule has 1 aliphatic rings. The molecule has 1 atom stereocenters. The van der Waals surface area contributed by atoms with Crippen molar-refractivity contribution in [2.45, 2.75) is 39.7 Å². The lowest BCUT2D eigenvalue weighted by atomic mass is 10.0. The Morgan fingerprint density at radius 2 is 2.22 bits per heavy atom. The van der Waals surface area contributed by atoms with Gasteiger partial charge in [0.1, 0.15) is 0 Å². The number of anilines is 1. The van der Waals surface area contributed by atoms with Crippen LogP contribution in [0, 0.1) is 20.8 Å². The van der Waals surface area contributed by atoms with Gasteiger partial charge in [0.15, 0.2) is 5.13 Å². The zero-order chi connectivity index (χ0) is 16.6. The van der Waals surface area contributed by atoms with E-state index in [1.165, 1.54) is 22.6 Å². The fraction of sp³-hybridized carbons (Fsp3) is 0.562. The second-order valence-electron chi connectivity index (χ2n) is 6.18. The molecule has 2 aromatic heterocycles. The first-order valence-electron chi connectivity index (χ1n) is 7.92. The van der Waals surface area contributed by atoms with Crippen LogP contribution in [0.2, 0.25) is 0 Å². The first-order chi connectivity index (χ1) is 11.0. The van der Waals surface area contributed by atoms with Crippen LogP contribution in [0.3, 0.4) is 0 Å². The van der Waals surface area contributed by atoms with Gasteiger partial charge in [-0.15, -0.1) is 11.3 Å². The molecule has 124 valence electrons. The number of carbonyl (C=O) groups excluding carboxylic acids is 1. The van der Waals surface area contributed by atoms with Gasteiger partial charge in [0.2, 0.25) is 5.91 Å². The Hall–Kier alpha value is -1.73. The van der Waals surface area contributed by atoms with Crippen LogP contribution in [-0.4, -0.2) is 38.7 Å². The number of hydrogen-bond donors (Lipinski definition) is 1. The average Bonchev–Trinajstić information content (AvgIpc) is 3.14. The van der Waals surface area contributed by atoms with E-state index in [0.29, 0.717) is 11.7 Å². The highest BCUT2D eigenvalue weighted by atomic mass is 32.1. The van der Waals surface area contributed by atoms with Gasteiger partial charge in [-0.3, -0.25) is 14.4 Å². The Morgan fingerprint density at radius 3 is 2.83 bits per heavy atom. The van der Waals surface area contributed by atoms with E-state index in [1.807, 2.05) is 24.0 Å². The molecule has 2 aromatic rings. The van der Waals surface area contributed by atoms with Gasteiger partial charge in [0, 0.05) is 29.7 Å². The molecular formula is C16H23N5OS. The lowest BCUT2D eigenvalue weighted by Gasteiger charge is -2.24. The summed E-state index contributed by atoms with van der Waals surface area (Å²) in [6.07, 6.45) is 2.19. The van der Waals surface area contributed by atoms with Gasteiger partial charge in [0.05, 0.1) is 17.9 Å². The van der Waals surface area contributed by atoms with Crippen molar-refractivity contribution in [1.29, 1.82) is 0 Å². The maximum Gasteiger partial charge on any atom is 0.240 e. The molecule has 0 aromatic carbocycles. The van der Waals surface area contributed by atoms with Gasteiger partial charge < -0.3 is 5.32 Å². The molecule has 0 radical (unpaired) electrons. The van der Waals surface area contributed by atoms with Gasteiger partial charge in [-0.2, -0.15) is 5.10 Å². The quantitative estimate of drug-likeness (QED) is 0.934. The molecular weight excluding hydrogens is 310 g/mol. The molecule has 3 rings (SSSR count). The molecule has 0 aliphatic carbocycles. The predicted octanol–water partition coefficient (Wildman–Crippen LogP) is 2.58. The molecule has 1 aliphatic heterocycles. The van der Waals surface area contributed by atoms with E-state index < -0.39 is 0 Å². The van der Waals surface area contributed by atoms with Crippen molar-refractivity contribution in [2.75, 3.05) is 18.4 Å². The third-order valence-corrected chi connectivity index (χ3v) is 5.35. The van der Waals surface area contributed by atoms with Crippen molar-refractivity contribution in [1.82, 2.24) is 19.7 Å². The van der Waals surface area contributed by atoms with Gasteiger partial charge in [-0.25, -0.2) is 4.98 Å². The zero-order valence-corrected chi connectivity index (χ0v) is 14.9. The third-order valence-electron chi connectivity index (χ3n) is 4.47. The highest BCUT2D eigenvalue weighted by Crippen LogP contribution is 2.35. The highest BCUT2D eigenvalue weighted by Gasteiger charge is 2.31. The van der Waals surface area contributed by atoms with E-state index >= 15 is 0 Å². The second kappa shape index (κ2) is 6.41. The van der Waals surface area contributed by atoms with Crippen molar-refractivity contribution in [3.05, 3.63) is 28.0 Å². The Bertz CT molecular complexity index is 720. The SMILES string of the molecule is Cc1csc(NC(=O)CN2CCC[C@@H]2c2c(C)nn(C)c2C)n1. The minimum absolute atomic E-state index is 0.00504. The molecule has 1 saturated heterocycles. The lowest BCUT2D eigenvalue weighted by Crippen LogP contribution is -2.33. The molecule has 0 unspecified atom stereocenters. The minimum atomic E-state index is 0.00504. The van der Waals surface area contributed by atoms with E-state index in [1.54, 1.807) is 0 Å². The highest BCUT2D eigenvalue weighted by molar-refractivity contribution is 7.13. The largest absolute Gasteiger partial charge is 0.301 e. The minimum Gasteiger partial charge on any atom is -0.301 e. The monoisotopic (exact) mass is 333 g/mol. The molecule has 6 nitrogen and oxygen atoms in total. The van der Waals surface area contributed by atoms with Crippen LogP contribution in [0.25, 0.3) is 0 Å². The Kier molecular flexibility index (Phi) is 4.50. The van der Waals surface area contributed by atoms with Crippen molar-refractivity contribution in [3.63, 3.8) is 0 Å². The van der Waals surface area contributed by atoms with Crippen molar-refractivity contribution >= 4 is 22.4 Å². The zero-order valence-electron chi connectivity index (χ0n) is 14.1. The summed E-state index contributed by atoms with van der Waals surface area (Å²) >= 11 is 1.47. The van der Waals surface area contributed by atoms with Crippen molar-refractivity contribution in [2.24, 2.45) is 7.05 Å². The fourth-order valence-corrected chi connectivity index (χ4v) is 4.07. The number of likely N-dealkylation sites (tertiary alicyclic amines) is 1. The molecule has 0 spiro atoms. The third kappa shape index (κ3) is 3.30. The summed E-state index contributed by atoms with van der Waals surface area (Å²) in [6, 6.07) is 0.285. The summed E-state index contributed by atoms with van der Waals surface area (Å²) in [4.78, 5) is 18.9. The van der Waals surface area contributed by atoms with E-state index in [9.17, 15) is 4.79 Å². The van der Waals surface area contributed by atoms with Crippen LogP contribution in [0.15, 0.2) is 5.38 Å². The molecule has 0 bridgehead atoms. The second-order valence-corrected chi connectivity index (χ2v) is 7.04. The first-order valence-corrected chi connectivity index (χ1v) is 8.80. The topological polar surface area (TPSA) is 63.1 Å². The van der Waals surface area contributed by atoms with Gasteiger partial charge >= 0.3 is 0 Å².